The molecule has 8 heteroatoms. The highest BCUT2D eigenvalue weighted by Crippen LogP contribution is 2.25. The van der Waals surface area contributed by atoms with Crippen molar-refractivity contribution in [1.29, 1.82) is 0 Å². The molecule has 8 nitrogen and oxygen atoms in total. The van der Waals surface area contributed by atoms with Crippen LogP contribution in [0.5, 0.6) is 5.75 Å². The summed E-state index contributed by atoms with van der Waals surface area (Å²) in [5, 5.41) is 12.9. The maximum absolute atomic E-state index is 12.0. The van der Waals surface area contributed by atoms with Crippen LogP contribution in [-0.4, -0.2) is 53.5 Å². The summed E-state index contributed by atoms with van der Waals surface area (Å²) in [6.45, 7) is 4.96. The van der Waals surface area contributed by atoms with Gasteiger partial charge in [0.05, 0.1) is 19.2 Å². The van der Waals surface area contributed by atoms with Crippen molar-refractivity contribution in [3.63, 3.8) is 0 Å². The first kappa shape index (κ1) is 20.3. The summed E-state index contributed by atoms with van der Waals surface area (Å²) < 4.78 is 10.3. The standard InChI is InChI=1S/C19H24N2O6/c1-19(2,3)20-16(23)9-21(4)17(24)11-27-18(25)7-12-10-26-15-8-13(22)5-6-14(12)15/h5-6,8,10,22H,7,9,11H2,1-4H3,(H,20,23). The van der Waals surface area contributed by atoms with Gasteiger partial charge in [-0.15, -0.1) is 0 Å². The van der Waals surface area contributed by atoms with Crippen molar-refractivity contribution in [2.45, 2.75) is 32.7 Å². The molecule has 0 aliphatic heterocycles. The fourth-order valence-electron chi connectivity index (χ4n) is 2.43. The van der Waals surface area contributed by atoms with Crippen molar-refractivity contribution in [3.05, 3.63) is 30.0 Å². The van der Waals surface area contributed by atoms with E-state index in [9.17, 15) is 19.5 Å². The number of hydrogen-bond acceptors (Lipinski definition) is 6. The third-order valence-electron chi connectivity index (χ3n) is 3.65. The third kappa shape index (κ3) is 6.02. The second kappa shape index (κ2) is 8.11. The van der Waals surface area contributed by atoms with Crippen LogP contribution >= 0.6 is 0 Å². The van der Waals surface area contributed by atoms with Crippen molar-refractivity contribution in [2.75, 3.05) is 20.2 Å². The van der Waals surface area contributed by atoms with Crippen molar-refractivity contribution >= 4 is 28.8 Å². The number of benzene rings is 1. The van der Waals surface area contributed by atoms with Crippen molar-refractivity contribution in [3.8, 4) is 5.75 Å². The van der Waals surface area contributed by atoms with Crippen LogP contribution in [0.2, 0.25) is 0 Å². The fraction of sp³-hybridized carbons (Fsp3) is 0.421. The maximum Gasteiger partial charge on any atom is 0.310 e. The number of furan rings is 1. The van der Waals surface area contributed by atoms with Crippen LogP contribution in [-0.2, 0) is 25.5 Å². The summed E-state index contributed by atoms with van der Waals surface area (Å²) >= 11 is 0. The zero-order valence-corrected chi connectivity index (χ0v) is 15.9. The Labute approximate surface area is 157 Å². The van der Waals surface area contributed by atoms with Gasteiger partial charge in [0.25, 0.3) is 5.91 Å². The molecule has 0 aliphatic carbocycles. The fourth-order valence-corrected chi connectivity index (χ4v) is 2.43. The second-order valence-electron chi connectivity index (χ2n) is 7.33. The largest absolute Gasteiger partial charge is 0.508 e. The quantitative estimate of drug-likeness (QED) is 0.741. The van der Waals surface area contributed by atoms with E-state index in [0.717, 1.165) is 0 Å². The van der Waals surface area contributed by atoms with Gasteiger partial charge in [0.15, 0.2) is 6.61 Å². The Morgan fingerprint density at radius 1 is 1.26 bits per heavy atom. The first-order valence-corrected chi connectivity index (χ1v) is 8.45. The zero-order chi connectivity index (χ0) is 20.2. The molecule has 0 atom stereocenters. The highest BCUT2D eigenvalue weighted by atomic mass is 16.5. The van der Waals surface area contributed by atoms with E-state index in [1.807, 2.05) is 20.8 Å². The van der Waals surface area contributed by atoms with Crippen molar-refractivity contribution in [2.24, 2.45) is 0 Å². The highest BCUT2D eigenvalue weighted by molar-refractivity contribution is 5.88. The number of hydrogen-bond donors (Lipinski definition) is 2. The minimum atomic E-state index is -0.591. The number of phenolic OH excluding ortho intramolecular Hbond substituents is 1. The molecule has 146 valence electrons. The Bertz CT molecular complexity index is 849. The van der Waals surface area contributed by atoms with Crippen LogP contribution in [0.15, 0.2) is 28.9 Å². The van der Waals surface area contributed by atoms with Crippen molar-refractivity contribution < 1.29 is 28.6 Å². The number of nitrogens with zero attached hydrogens (tertiary/aromatic N) is 1. The number of rotatable bonds is 6. The van der Waals surface area contributed by atoms with Gasteiger partial charge < -0.3 is 24.5 Å². The smallest absolute Gasteiger partial charge is 0.310 e. The molecule has 0 saturated heterocycles. The molecule has 2 amide bonds. The molecule has 1 heterocycles. The topological polar surface area (TPSA) is 109 Å². The number of likely N-dealkylation sites (N-methyl/N-ethyl adjacent to an activating group) is 1. The monoisotopic (exact) mass is 376 g/mol. The number of aromatic hydroxyl groups is 1. The number of fused-ring (bicyclic) bond motifs is 1. The molecular weight excluding hydrogens is 352 g/mol. The van der Waals surface area contributed by atoms with Crippen LogP contribution in [0.1, 0.15) is 26.3 Å². The molecule has 27 heavy (non-hydrogen) atoms. The molecule has 2 rings (SSSR count). The van der Waals surface area contributed by atoms with E-state index in [1.54, 1.807) is 6.07 Å². The average molecular weight is 376 g/mol. The number of phenols is 1. The Morgan fingerprint density at radius 3 is 2.63 bits per heavy atom. The first-order chi connectivity index (χ1) is 12.5. The number of carbonyl (C=O) groups is 3. The molecule has 2 aromatic rings. The van der Waals surface area contributed by atoms with Crippen LogP contribution in [0.3, 0.4) is 0 Å². The number of nitrogens with one attached hydrogen (secondary N) is 1. The van der Waals surface area contributed by atoms with Gasteiger partial charge in [0.2, 0.25) is 5.91 Å². The average Bonchev–Trinajstić information content (AvgIpc) is 2.92. The Morgan fingerprint density at radius 2 is 1.96 bits per heavy atom. The molecule has 0 unspecified atom stereocenters. The summed E-state index contributed by atoms with van der Waals surface area (Å²) in [5.74, 6) is -1.30. The molecule has 0 fully saturated rings. The van der Waals surface area contributed by atoms with Crippen LogP contribution in [0.25, 0.3) is 11.0 Å². The van der Waals surface area contributed by atoms with E-state index < -0.39 is 24.0 Å². The van der Waals surface area contributed by atoms with E-state index in [2.05, 4.69) is 5.32 Å². The van der Waals surface area contributed by atoms with Gasteiger partial charge in [-0.2, -0.15) is 0 Å². The van der Waals surface area contributed by atoms with E-state index in [4.69, 9.17) is 9.15 Å². The Balaban J connectivity index is 1.83. The molecule has 1 aromatic heterocycles. The second-order valence-corrected chi connectivity index (χ2v) is 7.33. The highest BCUT2D eigenvalue weighted by Gasteiger charge is 2.19. The molecule has 0 spiro atoms. The number of esters is 1. The molecule has 0 aliphatic rings. The van der Waals surface area contributed by atoms with Gasteiger partial charge in [0.1, 0.15) is 11.3 Å². The summed E-state index contributed by atoms with van der Waals surface area (Å²) in [5.41, 5.74) is 0.663. The minimum Gasteiger partial charge on any atom is -0.508 e. The molecule has 1 aromatic carbocycles. The third-order valence-corrected chi connectivity index (χ3v) is 3.65. The van der Waals surface area contributed by atoms with Gasteiger partial charge in [-0.05, 0) is 32.9 Å². The predicted octanol–water partition coefficient (Wildman–Crippen LogP) is 1.60. The molecule has 0 radical (unpaired) electrons. The van der Waals surface area contributed by atoms with Crippen LogP contribution < -0.4 is 5.32 Å². The summed E-state index contributed by atoms with van der Waals surface area (Å²) in [6, 6.07) is 4.59. The summed E-state index contributed by atoms with van der Waals surface area (Å²) in [4.78, 5) is 37.0. The molecule has 0 bridgehead atoms. The number of amides is 2. The van der Waals surface area contributed by atoms with Gasteiger partial charge in [-0.3, -0.25) is 14.4 Å². The van der Waals surface area contributed by atoms with Gasteiger partial charge in [0, 0.05) is 29.6 Å². The Kier molecular flexibility index (Phi) is 6.09. The van der Waals surface area contributed by atoms with Gasteiger partial charge >= 0.3 is 5.97 Å². The zero-order valence-electron chi connectivity index (χ0n) is 15.9. The minimum absolute atomic E-state index is 0.0649. The maximum atomic E-state index is 12.0. The lowest BCUT2D eigenvalue weighted by Gasteiger charge is -2.23. The molecular formula is C19H24N2O6. The summed E-state index contributed by atoms with van der Waals surface area (Å²) in [6.07, 6.45) is 1.34. The van der Waals surface area contributed by atoms with Gasteiger partial charge in [-0.1, -0.05) is 0 Å². The summed E-state index contributed by atoms with van der Waals surface area (Å²) in [7, 11) is 1.47. The lowest BCUT2D eigenvalue weighted by molar-refractivity contribution is -0.151. The molecule has 0 saturated carbocycles. The van der Waals surface area contributed by atoms with E-state index >= 15 is 0 Å². The van der Waals surface area contributed by atoms with E-state index in [-0.39, 0.29) is 24.6 Å². The van der Waals surface area contributed by atoms with E-state index in [1.165, 1.54) is 30.3 Å². The number of ether oxygens (including phenoxy) is 1. The Hall–Kier alpha value is -3.03. The van der Waals surface area contributed by atoms with E-state index in [0.29, 0.717) is 16.5 Å². The lowest BCUT2D eigenvalue weighted by Crippen LogP contribution is -2.46. The van der Waals surface area contributed by atoms with Gasteiger partial charge in [-0.25, -0.2) is 0 Å². The first-order valence-electron chi connectivity index (χ1n) is 8.45. The SMILES string of the molecule is CN(CC(=O)NC(C)(C)C)C(=O)COC(=O)Cc1coc2cc(O)ccc12. The number of carbonyl (C=O) groups excluding carboxylic acids is 3. The normalized spacial score (nSPS) is 11.3. The van der Waals surface area contributed by atoms with Crippen LogP contribution in [0.4, 0.5) is 0 Å². The predicted molar refractivity (Wildman–Crippen MR) is 98.1 cm³/mol. The molecule has 2 N–H and O–H groups in total. The van der Waals surface area contributed by atoms with Crippen molar-refractivity contribution in [1.82, 2.24) is 10.2 Å². The lowest BCUT2D eigenvalue weighted by atomic mass is 10.1. The van der Waals surface area contributed by atoms with Crippen LogP contribution in [0, 0.1) is 0 Å².